The molecule has 236 valence electrons. The second-order valence-electron chi connectivity index (χ2n) is 12.0. The highest BCUT2D eigenvalue weighted by Crippen LogP contribution is 2.33. The van der Waals surface area contributed by atoms with Crippen LogP contribution in [0.2, 0.25) is 0 Å². The summed E-state index contributed by atoms with van der Waals surface area (Å²) in [6.45, 7) is 11.0. The van der Waals surface area contributed by atoms with Gasteiger partial charge in [0.2, 0.25) is 0 Å². The van der Waals surface area contributed by atoms with Gasteiger partial charge in [-0.05, 0) is 67.7 Å². The molecule has 8 atom stereocenters. The number of ether oxygens (including phenoxy) is 2. The fourth-order valence-electron chi connectivity index (χ4n) is 4.48. The maximum atomic E-state index is 11.1. The highest BCUT2D eigenvalue weighted by molar-refractivity contribution is 4.96. The SMILES string of the molecule is Cc1cn(C(C)(C)CCOC(C)(C)C(O)C(O)C(O)C(CCO)C(C)(C)OC(O)C(O)C(O)C(O)CCO)nn1. The summed E-state index contributed by atoms with van der Waals surface area (Å²) in [6.07, 6.45) is -10.5. The van der Waals surface area contributed by atoms with E-state index in [4.69, 9.17) is 14.6 Å². The zero-order chi connectivity index (χ0) is 31.1. The van der Waals surface area contributed by atoms with E-state index in [-0.39, 0.29) is 19.4 Å². The second-order valence-corrected chi connectivity index (χ2v) is 12.0. The van der Waals surface area contributed by atoms with Crippen LogP contribution in [0.4, 0.5) is 0 Å². The number of aliphatic hydroxyl groups is 9. The van der Waals surface area contributed by atoms with Crippen LogP contribution in [0.3, 0.4) is 0 Å². The minimum atomic E-state index is -2.04. The standard InChI is InChI=1S/C26H51N3O11/c1-15-14-29(28-27-15)24(2,3)10-13-39-26(6,7)22(37)20(35)18(33)16(8-11-30)25(4,5)40-23(38)21(36)19(34)17(32)9-12-31/h14,16-23,30-38H,8-13H2,1-7H3. The molecule has 14 heteroatoms. The predicted molar refractivity (Wildman–Crippen MR) is 143 cm³/mol. The van der Waals surface area contributed by atoms with Crippen LogP contribution in [0.15, 0.2) is 6.20 Å². The van der Waals surface area contributed by atoms with Crippen molar-refractivity contribution in [1.29, 1.82) is 0 Å². The Hall–Kier alpha value is -1.30. The summed E-state index contributed by atoms with van der Waals surface area (Å²) >= 11 is 0. The van der Waals surface area contributed by atoms with E-state index in [1.165, 1.54) is 13.8 Å². The maximum absolute atomic E-state index is 11.1. The molecule has 1 aromatic heterocycles. The van der Waals surface area contributed by atoms with Gasteiger partial charge < -0.3 is 55.4 Å². The van der Waals surface area contributed by atoms with Crippen LogP contribution in [0.5, 0.6) is 0 Å². The van der Waals surface area contributed by atoms with Gasteiger partial charge in [-0.25, -0.2) is 4.68 Å². The van der Waals surface area contributed by atoms with Crippen LogP contribution in [-0.2, 0) is 15.0 Å². The summed E-state index contributed by atoms with van der Waals surface area (Å²) in [5.41, 5.74) is -2.51. The fraction of sp³-hybridized carbons (Fsp3) is 0.923. The van der Waals surface area contributed by atoms with Gasteiger partial charge in [0.1, 0.15) is 24.4 Å². The molecular formula is C26H51N3O11. The van der Waals surface area contributed by atoms with E-state index in [0.29, 0.717) is 6.42 Å². The van der Waals surface area contributed by atoms with E-state index < -0.39 is 78.8 Å². The van der Waals surface area contributed by atoms with Crippen molar-refractivity contribution < 1.29 is 55.4 Å². The molecule has 0 bridgehead atoms. The first-order valence-electron chi connectivity index (χ1n) is 13.5. The van der Waals surface area contributed by atoms with Crippen molar-refractivity contribution >= 4 is 0 Å². The summed E-state index contributed by atoms with van der Waals surface area (Å²) in [5, 5.41) is 100. The second kappa shape index (κ2) is 15.3. The molecule has 14 nitrogen and oxygen atoms in total. The molecule has 0 aliphatic carbocycles. The van der Waals surface area contributed by atoms with E-state index >= 15 is 0 Å². The minimum Gasteiger partial charge on any atom is -0.396 e. The Kier molecular flexibility index (Phi) is 14.0. The zero-order valence-electron chi connectivity index (χ0n) is 24.6. The third kappa shape index (κ3) is 9.91. The molecule has 0 saturated carbocycles. The zero-order valence-corrected chi connectivity index (χ0v) is 24.6. The average Bonchev–Trinajstić information content (AvgIpc) is 3.31. The molecule has 1 heterocycles. The Morgan fingerprint density at radius 1 is 0.800 bits per heavy atom. The Morgan fingerprint density at radius 3 is 1.88 bits per heavy atom. The molecule has 9 N–H and O–H groups in total. The number of nitrogens with zero attached hydrogens (tertiary/aromatic N) is 3. The van der Waals surface area contributed by atoms with Crippen LogP contribution in [-0.4, -0.2) is 135 Å². The lowest BCUT2D eigenvalue weighted by molar-refractivity contribution is -0.266. The van der Waals surface area contributed by atoms with Gasteiger partial charge in [-0.2, -0.15) is 0 Å². The smallest absolute Gasteiger partial charge is 0.184 e. The summed E-state index contributed by atoms with van der Waals surface area (Å²) < 4.78 is 13.1. The molecule has 1 aromatic rings. The topological polar surface area (TPSA) is 231 Å². The molecule has 0 aliphatic rings. The van der Waals surface area contributed by atoms with Gasteiger partial charge >= 0.3 is 0 Å². The summed E-state index contributed by atoms with van der Waals surface area (Å²) in [4.78, 5) is 0. The van der Waals surface area contributed by atoms with Gasteiger partial charge in [-0.1, -0.05) is 5.21 Å². The third-order valence-corrected chi connectivity index (χ3v) is 7.43. The molecule has 40 heavy (non-hydrogen) atoms. The van der Waals surface area contributed by atoms with E-state index in [1.54, 1.807) is 24.7 Å². The van der Waals surface area contributed by atoms with E-state index in [0.717, 1.165) is 5.69 Å². The molecule has 0 aliphatic heterocycles. The summed E-state index contributed by atoms with van der Waals surface area (Å²) in [6, 6.07) is 0. The van der Waals surface area contributed by atoms with Gasteiger partial charge in [0.05, 0.1) is 34.6 Å². The van der Waals surface area contributed by atoms with Crippen molar-refractivity contribution in [3.05, 3.63) is 11.9 Å². The first-order valence-corrected chi connectivity index (χ1v) is 13.5. The molecule has 0 saturated heterocycles. The van der Waals surface area contributed by atoms with Crippen molar-refractivity contribution in [3.63, 3.8) is 0 Å². The van der Waals surface area contributed by atoms with E-state index in [9.17, 15) is 40.9 Å². The monoisotopic (exact) mass is 581 g/mol. The highest BCUT2D eigenvalue weighted by atomic mass is 16.6. The third-order valence-electron chi connectivity index (χ3n) is 7.43. The maximum Gasteiger partial charge on any atom is 0.184 e. The number of aliphatic hydroxyl groups excluding tert-OH is 9. The molecule has 8 unspecified atom stereocenters. The van der Waals surface area contributed by atoms with Crippen molar-refractivity contribution in [2.75, 3.05) is 19.8 Å². The summed E-state index contributed by atoms with van der Waals surface area (Å²) in [5.74, 6) is -1.08. The number of aromatic nitrogens is 3. The highest BCUT2D eigenvalue weighted by Gasteiger charge is 2.46. The molecule has 1 rings (SSSR count). The normalized spacial score (nSPS) is 19.5. The van der Waals surface area contributed by atoms with Crippen LogP contribution >= 0.6 is 0 Å². The number of hydrogen-bond acceptors (Lipinski definition) is 13. The first kappa shape index (κ1) is 36.7. The fourth-order valence-corrected chi connectivity index (χ4v) is 4.48. The molecule has 0 fully saturated rings. The Labute approximate surface area is 235 Å². The van der Waals surface area contributed by atoms with Gasteiger partial charge in [-0.15, -0.1) is 5.10 Å². The van der Waals surface area contributed by atoms with Gasteiger partial charge in [0.15, 0.2) is 6.29 Å². The Morgan fingerprint density at radius 2 is 1.38 bits per heavy atom. The summed E-state index contributed by atoms with van der Waals surface area (Å²) in [7, 11) is 0. The average molecular weight is 582 g/mol. The van der Waals surface area contributed by atoms with Crippen LogP contribution < -0.4 is 0 Å². The largest absolute Gasteiger partial charge is 0.396 e. The lowest BCUT2D eigenvalue weighted by atomic mass is 9.78. The Balaban J connectivity index is 2.91. The van der Waals surface area contributed by atoms with Gasteiger partial charge in [-0.3, -0.25) is 0 Å². The van der Waals surface area contributed by atoms with Gasteiger partial charge in [0, 0.05) is 31.9 Å². The lowest BCUT2D eigenvalue weighted by Crippen LogP contribution is -2.57. The predicted octanol–water partition coefficient (Wildman–Crippen LogP) is -1.83. The number of aryl methyl sites for hydroxylation is 1. The van der Waals surface area contributed by atoms with E-state index in [2.05, 4.69) is 10.3 Å². The van der Waals surface area contributed by atoms with Crippen LogP contribution in [0.1, 0.15) is 66.5 Å². The first-order chi connectivity index (χ1) is 18.3. The van der Waals surface area contributed by atoms with Crippen molar-refractivity contribution in [2.45, 2.75) is 127 Å². The molecule has 0 amide bonds. The van der Waals surface area contributed by atoms with Crippen LogP contribution in [0, 0.1) is 12.8 Å². The quantitative estimate of drug-likeness (QED) is 0.0819. The molecule has 0 radical (unpaired) electrons. The van der Waals surface area contributed by atoms with Crippen molar-refractivity contribution in [1.82, 2.24) is 15.0 Å². The minimum absolute atomic E-state index is 0.122. The van der Waals surface area contributed by atoms with Gasteiger partial charge in [0.25, 0.3) is 0 Å². The van der Waals surface area contributed by atoms with Crippen LogP contribution in [0.25, 0.3) is 0 Å². The number of rotatable bonds is 19. The Bertz CT molecular complexity index is 867. The lowest BCUT2D eigenvalue weighted by Gasteiger charge is -2.43. The van der Waals surface area contributed by atoms with E-state index in [1.807, 2.05) is 20.8 Å². The molecular weight excluding hydrogens is 530 g/mol. The van der Waals surface area contributed by atoms with Crippen molar-refractivity contribution in [2.24, 2.45) is 5.92 Å². The molecule has 0 aromatic carbocycles. The number of hydrogen-bond donors (Lipinski definition) is 9. The van der Waals surface area contributed by atoms with Crippen molar-refractivity contribution in [3.8, 4) is 0 Å². The molecule has 0 spiro atoms.